The highest BCUT2D eigenvalue weighted by molar-refractivity contribution is 6.45. The van der Waals surface area contributed by atoms with E-state index in [1.165, 1.54) is 7.11 Å². The third-order valence-corrected chi connectivity index (χ3v) is 4.27. The Morgan fingerprint density at radius 1 is 1.18 bits per heavy atom. The van der Waals surface area contributed by atoms with E-state index in [4.69, 9.17) is 21.2 Å². The van der Waals surface area contributed by atoms with Gasteiger partial charge in [0.1, 0.15) is 12.9 Å². The van der Waals surface area contributed by atoms with E-state index in [9.17, 15) is 4.79 Å². The molecule has 2 aromatic rings. The summed E-state index contributed by atoms with van der Waals surface area (Å²) in [5, 5.41) is 5.57. The number of hydrogen-bond acceptors (Lipinski definition) is 5. The Morgan fingerprint density at radius 2 is 1.89 bits per heavy atom. The number of ether oxygens (including phenoxy) is 1. The lowest BCUT2D eigenvalue weighted by Gasteiger charge is -2.18. The zero-order chi connectivity index (χ0) is 20.4. The molecular formula is C21H26ClN3O3. The van der Waals surface area contributed by atoms with E-state index in [1.54, 1.807) is 12.1 Å². The number of para-hydroxylation sites is 1. The van der Waals surface area contributed by atoms with Gasteiger partial charge in [-0.1, -0.05) is 47.6 Å². The highest BCUT2D eigenvalue weighted by Crippen LogP contribution is 2.17. The van der Waals surface area contributed by atoms with Crippen molar-refractivity contribution in [3.8, 4) is 5.75 Å². The Kier molecular flexibility index (Phi) is 8.78. The van der Waals surface area contributed by atoms with Gasteiger partial charge < -0.3 is 9.57 Å². The molecule has 28 heavy (non-hydrogen) atoms. The first-order chi connectivity index (χ1) is 13.6. The van der Waals surface area contributed by atoms with E-state index in [2.05, 4.69) is 10.6 Å². The van der Waals surface area contributed by atoms with E-state index in [-0.39, 0.29) is 11.6 Å². The summed E-state index contributed by atoms with van der Waals surface area (Å²) in [5.74, 6) is 0.897. The molecule has 150 valence electrons. The fraction of sp³-hybridized carbons (Fsp3) is 0.333. The number of nitrogens with zero attached hydrogens (tertiary/aromatic N) is 2. The van der Waals surface area contributed by atoms with Crippen LogP contribution in [0.15, 0.2) is 53.7 Å². The van der Waals surface area contributed by atoms with Crippen LogP contribution >= 0.6 is 11.6 Å². The average Bonchev–Trinajstić information content (AvgIpc) is 2.68. The van der Waals surface area contributed by atoms with Crippen molar-refractivity contribution in [1.29, 1.82) is 0 Å². The minimum absolute atomic E-state index is 0.204. The second kappa shape index (κ2) is 11.3. The lowest BCUT2D eigenvalue weighted by molar-refractivity contribution is -0.118. The zero-order valence-electron chi connectivity index (χ0n) is 16.4. The molecule has 0 radical (unpaired) electrons. The molecule has 0 aliphatic heterocycles. The van der Waals surface area contributed by atoms with Crippen molar-refractivity contribution in [2.24, 2.45) is 5.16 Å². The molecule has 0 aliphatic carbocycles. The maximum absolute atomic E-state index is 12.7. The summed E-state index contributed by atoms with van der Waals surface area (Å²) in [7, 11) is 3.16. The fourth-order valence-corrected chi connectivity index (χ4v) is 2.93. The number of benzene rings is 2. The van der Waals surface area contributed by atoms with Crippen LogP contribution in [0.25, 0.3) is 0 Å². The number of alkyl halides is 1. The average molecular weight is 404 g/mol. The normalized spacial score (nSPS) is 11.4. The quantitative estimate of drug-likeness (QED) is 0.376. The van der Waals surface area contributed by atoms with Crippen molar-refractivity contribution in [3.05, 3.63) is 65.2 Å². The molecular weight excluding hydrogens is 378 g/mol. The first-order valence-corrected chi connectivity index (χ1v) is 9.56. The summed E-state index contributed by atoms with van der Waals surface area (Å²) in [4.78, 5) is 17.6. The number of aryl methyl sites for hydroxylation is 1. The molecule has 2 rings (SSSR count). The summed E-state index contributed by atoms with van der Waals surface area (Å²) in [6.07, 6.45) is 0.623. The standard InChI is InChI=1S/C21H26ClN3O3/c1-16-8-4-7-11-19(16)28-15-12-17-9-5-6-10-18(17)20(24-27-3)21(26)23-25(2)14-13-22/h4-11H,12-15H2,1-3H3,(H,23,26). The van der Waals surface area contributed by atoms with Gasteiger partial charge in [0, 0.05) is 31.5 Å². The van der Waals surface area contributed by atoms with E-state index >= 15 is 0 Å². The molecule has 0 aromatic heterocycles. The third kappa shape index (κ3) is 6.25. The van der Waals surface area contributed by atoms with Gasteiger partial charge in [-0.15, -0.1) is 11.6 Å². The maximum Gasteiger partial charge on any atom is 0.288 e. The number of nitrogens with one attached hydrogen (secondary N) is 1. The first kappa shape index (κ1) is 21.7. The molecule has 1 N–H and O–H groups in total. The molecule has 7 heteroatoms. The van der Waals surface area contributed by atoms with Crippen LogP contribution in [0.4, 0.5) is 0 Å². The van der Waals surface area contributed by atoms with Gasteiger partial charge in [0.05, 0.1) is 6.61 Å². The predicted molar refractivity (Wildman–Crippen MR) is 112 cm³/mol. The predicted octanol–water partition coefficient (Wildman–Crippen LogP) is 3.17. The molecule has 0 spiro atoms. The molecule has 0 heterocycles. The minimum atomic E-state index is -0.360. The lowest BCUT2D eigenvalue weighted by Crippen LogP contribution is -2.44. The van der Waals surface area contributed by atoms with Crippen LogP contribution in [0.1, 0.15) is 16.7 Å². The summed E-state index contributed by atoms with van der Waals surface area (Å²) in [6.45, 7) is 3.00. The number of hydrogen-bond donors (Lipinski definition) is 1. The van der Waals surface area contributed by atoms with Gasteiger partial charge in [0.2, 0.25) is 0 Å². The molecule has 6 nitrogen and oxygen atoms in total. The Bertz CT molecular complexity index is 811. The summed E-state index contributed by atoms with van der Waals surface area (Å²) in [5.41, 5.74) is 5.68. The number of oxime groups is 1. The Morgan fingerprint density at radius 3 is 2.61 bits per heavy atom. The molecule has 0 unspecified atom stereocenters. The second-order valence-electron chi connectivity index (χ2n) is 6.20. The van der Waals surface area contributed by atoms with Crippen molar-refractivity contribution in [1.82, 2.24) is 10.4 Å². The molecule has 0 fully saturated rings. The SMILES string of the molecule is CON=C(C(=O)NN(C)CCCl)c1ccccc1CCOc1ccccc1C. The number of hydrazine groups is 1. The Balaban J connectivity index is 2.14. The van der Waals surface area contributed by atoms with Crippen molar-refractivity contribution in [2.75, 3.05) is 33.2 Å². The molecule has 2 aromatic carbocycles. The van der Waals surface area contributed by atoms with Gasteiger partial charge >= 0.3 is 0 Å². The molecule has 0 aliphatic rings. The first-order valence-electron chi connectivity index (χ1n) is 9.02. The van der Waals surface area contributed by atoms with E-state index in [1.807, 2.05) is 55.5 Å². The maximum atomic E-state index is 12.7. The third-order valence-electron chi connectivity index (χ3n) is 4.11. The summed E-state index contributed by atoms with van der Waals surface area (Å²) >= 11 is 5.72. The van der Waals surface area contributed by atoms with Crippen LogP contribution in [0.2, 0.25) is 0 Å². The van der Waals surface area contributed by atoms with Crippen molar-refractivity contribution in [2.45, 2.75) is 13.3 Å². The van der Waals surface area contributed by atoms with Gasteiger partial charge in [-0.2, -0.15) is 0 Å². The summed E-state index contributed by atoms with van der Waals surface area (Å²) in [6, 6.07) is 15.5. The van der Waals surface area contributed by atoms with Crippen molar-refractivity contribution in [3.63, 3.8) is 0 Å². The molecule has 1 amide bonds. The number of carbonyl (C=O) groups excluding carboxylic acids is 1. The lowest BCUT2D eigenvalue weighted by atomic mass is 10.0. The topological polar surface area (TPSA) is 63.2 Å². The highest BCUT2D eigenvalue weighted by Gasteiger charge is 2.19. The fourth-order valence-electron chi connectivity index (χ4n) is 2.67. The zero-order valence-corrected chi connectivity index (χ0v) is 17.2. The number of amides is 1. The van der Waals surface area contributed by atoms with Gasteiger partial charge in [-0.05, 0) is 24.1 Å². The number of carbonyl (C=O) groups is 1. The van der Waals surface area contributed by atoms with E-state index in [0.717, 1.165) is 16.9 Å². The van der Waals surface area contributed by atoms with Crippen LogP contribution in [-0.2, 0) is 16.1 Å². The molecule has 0 saturated heterocycles. The van der Waals surface area contributed by atoms with Gasteiger partial charge in [-0.25, -0.2) is 5.01 Å². The van der Waals surface area contributed by atoms with E-state index in [0.29, 0.717) is 31.0 Å². The van der Waals surface area contributed by atoms with Gasteiger partial charge in [-0.3, -0.25) is 10.2 Å². The van der Waals surface area contributed by atoms with Crippen LogP contribution in [-0.4, -0.2) is 49.8 Å². The van der Waals surface area contributed by atoms with Crippen LogP contribution in [0.3, 0.4) is 0 Å². The highest BCUT2D eigenvalue weighted by atomic mass is 35.5. The summed E-state index contributed by atoms with van der Waals surface area (Å²) < 4.78 is 5.90. The molecule has 0 saturated carbocycles. The molecule has 0 bridgehead atoms. The van der Waals surface area contributed by atoms with Gasteiger partial charge in [0.15, 0.2) is 5.71 Å². The van der Waals surface area contributed by atoms with E-state index < -0.39 is 0 Å². The number of rotatable bonds is 10. The van der Waals surface area contributed by atoms with Crippen LogP contribution in [0, 0.1) is 6.92 Å². The smallest absolute Gasteiger partial charge is 0.288 e. The van der Waals surface area contributed by atoms with Gasteiger partial charge in [0.25, 0.3) is 5.91 Å². The Labute approximate surface area is 171 Å². The second-order valence-corrected chi connectivity index (χ2v) is 6.57. The van der Waals surface area contributed by atoms with Crippen LogP contribution in [0.5, 0.6) is 5.75 Å². The molecule has 0 atom stereocenters. The Hall–Kier alpha value is -2.57. The van der Waals surface area contributed by atoms with Crippen molar-refractivity contribution < 1.29 is 14.4 Å². The monoisotopic (exact) mass is 403 g/mol. The van der Waals surface area contributed by atoms with Crippen molar-refractivity contribution >= 4 is 23.2 Å². The van der Waals surface area contributed by atoms with Crippen LogP contribution < -0.4 is 10.2 Å². The largest absolute Gasteiger partial charge is 0.493 e. The number of halogens is 1. The minimum Gasteiger partial charge on any atom is -0.493 e.